The van der Waals surface area contributed by atoms with Crippen molar-refractivity contribution in [3.05, 3.63) is 29.8 Å². The highest BCUT2D eigenvalue weighted by molar-refractivity contribution is 7.93. The van der Waals surface area contributed by atoms with Crippen LogP contribution in [0.5, 0.6) is 0 Å². The van der Waals surface area contributed by atoms with Gasteiger partial charge in [-0.15, -0.1) is 0 Å². The van der Waals surface area contributed by atoms with E-state index in [-0.39, 0.29) is 11.5 Å². The molecule has 0 spiro atoms. The molecule has 94 valence electrons. The largest absolute Gasteiger partial charge is 0.409 e. The van der Waals surface area contributed by atoms with Crippen molar-refractivity contribution in [1.29, 1.82) is 0 Å². The molecule has 6 nitrogen and oxygen atoms in total. The molecule has 0 bridgehead atoms. The summed E-state index contributed by atoms with van der Waals surface area (Å²) in [5, 5.41) is 11.1. The molecule has 0 heterocycles. The first-order valence-electron chi connectivity index (χ1n) is 4.24. The van der Waals surface area contributed by atoms with Gasteiger partial charge in [0.05, 0.1) is 0 Å². The lowest BCUT2D eigenvalue weighted by molar-refractivity contribution is 0.236. The first-order chi connectivity index (χ1) is 7.86. The summed E-state index contributed by atoms with van der Waals surface area (Å²) in [5.41, 5.74) is 5.55. The molecule has 0 amide bonds. The van der Waals surface area contributed by atoms with Crippen LogP contribution in [0.2, 0.25) is 0 Å². The fourth-order valence-corrected chi connectivity index (χ4v) is 1.53. The van der Waals surface area contributed by atoms with Crippen molar-refractivity contribution in [2.75, 3.05) is 4.72 Å². The first-order valence-corrected chi connectivity index (χ1v) is 5.79. The minimum Gasteiger partial charge on any atom is -0.409 e. The fourth-order valence-electron chi connectivity index (χ4n) is 0.976. The van der Waals surface area contributed by atoms with E-state index < -0.39 is 15.8 Å². The van der Waals surface area contributed by atoms with Gasteiger partial charge < -0.3 is 10.9 Å². The normalized spacial score (nSPS) is 12.8. The van der Waals surface area contributed by atoms with Crippen LogP contribution in [0.25, 0.3) is 0 Å². The SMILES string of the molecule is N/C(=N/O)c1ccc(NS(=O)(=O)C(F)F)cc1. The van der Waals surface area contributed by atoms with Crippen LogP contribution in [0.1, 0.15) is 5.56 Å². The standard InChI is InChI=1S/C8H9F2N3O3S/c9-8(10)17(15,16)13-6-3-1-5(2-4-6)7(11)12-14/h1-4,8,13-14H,(H2,11,12). The van der Waals surface area contributed by atoms with Crippen molar-refractivity contribution < 1.29 is 22.4 Å². The van der Waals surface area contributed by atoms with Gasteiger partial charge in [0.15, 0.2) is 5.84 Å². The van der Waals surface area contributed by atoms with Crippen LogP contribution in [0.4, 0.5) is 14.5 Å². The molecule has 1 aromatic rings. The van der Waals surface area contributed by atoms with Crippen molar-refractivity contribution in [3.8, 4) is 0 Å². The number of nitrogens with two attached hydrogens (primary N) is 1. The van der Waals surface area contributed by atoms with E-state index in [0.29, 0.717) is 5.56 Å². The molecule has 0 saturated carbocycles. The summed E-state index contributed by atoms with van der Waals surface area (Å²) < 4.78 is 47.4. The van der Waals surface area contributed by atoms with Gasteiger partial charge in [0.1, 0.15) is 0 Å². The molecule has 0 atom stereocenters. The maximum Gasteiger partial charge on any atom is 0.355 e. The second kappa shape index (κ2) is 4.95. The predicted molar refractivity (Wildman–Crippen MR) is 57.5 cm³/mol. The molecule has 4 N–H and O–H groups in total. The van der Waals surface area contributed by atoms with E-state index >= 15 is 0 Å². The average molecular weight is 265 g/mol. The zero-order valence-corrected chi connectivity index (χ0v) is 9.16. The van der Waals surface area contributed by atoms with E-state index in [1.165, 1.54) is 24.3 Å². The number of amidine groups is 1. The third kappa shape index (κ3) is 3.28. The van der Waals surface area contributed by atoms with Gasteiger partial charge in [0, 0.05) is 11.3 Å². The second-order valence-electron chi connectivity index (χ2n) is 2.97. The molecule has 0 aliphatic carbocycles. The van der Waals surface area contributed by atoms with Crippen molar-refractivity contribution in [3.63, 3.8) is 0 Å². The van der Waals surface area contributed by atoms with Gasteiger partial charge in [-0.05, 0) is 24.3 Å². The Labute approximate surface area is 95.8 Å². The van der Waals surface area contributed by atoms with Crippen molar-refractivity contribution in [1.82, 2.24) is 0 Å². The Bertz CT molecular complexity index is 513. The topological polar surface area (TPSA) is 105 Å². The van der Waals surface area contributed by atoms with Gasteiger partial charge in [-0.3, -0.25) is 4.72 Å². The predicted octanol–water partition coefficient (Wildman–Crippen LogP) is 0.745. The zero-order chi connectivity index (χ0) is 13.1. The zero-order valence-electron chi connectivity index (χ0n) is 8.34. The number of halogens is 2. The van der Waals surface area contributed by atoms with Gasteiger partial charge in [0.2, 0.25) is 0 Å². The number of benzene rings is 1. The summed E-state index contributed by atoms with van der Waals surface area (Å²) in [5.74, 6) is -3.68. The Hall–Kier alpha value is -1.90. The maximum atomic E-state index is 12.0. The van der Waals surface area contributed by atoms with E-state index in [1.54, 1.807) is 4.72 Å². The molecule has 1 rings (SSSR count). The molecule has 0 radical (unpaired) electrons. The highest BCUT2D eigenvalue weighted by Gasteiger charge is 2.23. The smallest absolute Gasteiger partial charge is 0.355 e. The second-order valence-corrected chi connectivity index (χ2v) is 4.62. The van der Waals surface area contributed by atoms with E-state index in [1.807, 2.05) is 0 Å². The summed E-state index contributed by atoms with van der Waals surface area (Å²) in [4.78, 5) is 0. The molecule has 9 heteroatoms. The molecule has 0 saturated heterocycles. The number of alkyl halides is 2. The number of nitrogens with zero attached hydrogens (tertiary/aromatic N) is 1. The number of hydrogen-bond donors (Lipinski definition) is 3. The average Bonchev–Trinajstić information content (AvgIpc) is 2.28. The number of nitrogens with one attached hydrogen (secondary N) is 1. The highest BCUT2D eigenvalue weighted by atomic mass is 32.2. The monoisotopic (exact) mass is 265 g/mol. The Balaban J connectivity index is 2.90. The molecular formula is C8H9F2N3O3S. The van der Waals surface area contributed by atoms with Gasteiger partial charge in [-0.25, -0.2) is 8.42 Å². The number of sulfonamides is 1. The number of rotatable bonds is 4. The molecule has 0 fully saturated rings. The highest BCUT2D eigenvalue weighted by Crippen LogP contribution is 2.14. The molecule has 1 aromatic carbocycles. The Morgan fingerprint density at radius 2 is 1.88 bits per heavy atom. The summed E-state index contributed by atoms with van der Waals surface area (Å²) in [6.07, 6.45) is 0. The minimum atomic E-state index is -4.68. The van der Waals surface area contributed by atoms with Crippen LogP contribution < -0.4 is 10.5 Å². The summed E-state index contributed by atoms with van der Waals surface area (Å²) in [7, 11) is -4.68. The lowest BCUT2D eigenvalue weighted by Crippen LogP contribution is -2.20. The first kappa shape index (κ1) is 13.2. The number of anilines is 1. The van der Waals surface area contributed by atoms with Crippen LogP contribution in [-0.4, -0.2) is 25.2 Å². The molecule has 17 heavy (non-hydrogen) atoms. The number of oxime groups is 1. The summed E-state index contributed by atoms with van der Waals surface area (Å²) in [6, 6.07) is 5.07. The van der Waals surface area contributed by atoms with Crippen molar-refractivity contribution in [2.45, 2.75) is 5.76 Å². The van der Waals surface area contributed by atoms with E-state index in [2.05, 4.69) is 5.16 Å². The van der Waals surface area contributed by atoms with Crippen molar-refractivity contribution >= 4 is 21.5 Å². The van der Waals surface area contributed by atoms with Crippen LogP contribution in [0.3, 0.4) is 0 Å². The Morgan fingerprint density at radius 1 is 1.35 bits per heavy atom. The van der Waals surface area contributed by atoms with E-state index in [9.17, 15) is 17.2 Å². The molecule has 0 aromatic heterocycles. The minimum absolute atomic E-state index is 0.0419. The van der Waals surface area contributed by atoms with Gasteiger partial charge >= 0.3 is 5.76 Å². The molecule has 0 unspecified atom stereocenters. The Morgan fingerprint density at radius 3 is 2.29 bits per heavy atom. The third-order valence-electron chi connectivity index (χ3n) is 1.78. The van der Waals surface area contributed by atoms with Gasteiger partial charge in [-0.2, -0.15) is 8.78 Å². The van der Waals surface area contributed by atoms with Crippen LogP contribution in [0.15, 0.2) is 29.4 Å². The summed E-state index contributed by atoms with van der Waals surface area (Å²) in [6.45, 7) is 0. The van der Waals surface area contributed by atoms with Gasteiger partial charge in [0.25, 0.3) is 10.0 Å². The fraction of sp³-hybridized carbons (Fsp3) is 0.125. The van der Waals surface area contributed by atoms with E-state index in [4.69, 9.17) is 10.9 Å². The van der Waals surface area contributed by atoms with Crippen LogP contribution in [-0.2, 0) is 10.0 Å². The summed E-state index contributed by atoms with van der Waals surface area (Å²) >= 11 is 0. The molecular weight excluding hydrogens is 256 g/mol. The van der Waals surface area contributed by atoms with Crippen molar-refractivity contribution in [2.24, 2.45) is 10.9 Å². The molecule has 0 aliphatic heterocycles. The lowest BCUT2D eigenvalue weighted by Gasteiger charge is -2.07. The quantitative estimate of drug-likeness (QED) is 0.323. The maximum absolute atomic E-state index is 12.0. The third-order valence-corrected chi connectivity index (χ3v) is 2.77. The van der Waals surface area contributed by atoms with Crippen LogP contribution in [0, 0.1) is 0 Å². The van der Waals surface area contributed by atoms with Gasteiger partial charge in [-0.1, -0.05) is 5.16 Å². The number of hydrogen-bond acceptors (Lipinski definition) is 4. The Kier molecular flexibility index (Phi) is 3.84. The van der Waals surface area contributed by atoms with Crippen LogP contribution >= 0.6 is 0 Å². The molecule has 0 aliphatic rings. The van der Waals surface area contributed by atoms with E-state index in [0.717, 1.165) is 0 Å². The lowest BCUT2D eigenvalue weighted by atomic mass is 10.2.